The van der Waals surface area contributed by atoms with Crippen LogP contribution in [0.5, 0.6) is 0 Å². The van der Waals surface area contributed by atoms with E-state index < -0.39 is 23.5 Å². The molecule has 9 heteroatoms. The van der Waals surface area contributed by atoms with E-state index in [0.29, 0.717) is 25.7 Å². The maximum absolute atomic E-state index is 13.7. The van der Waals surface area contributed by atoms with Gasteiger partial charge in [0.05, 0.1) is 6.54 Å². The number of halogens is 3. The lowest BCUT2D eigenvalue weighted by molar-refractivity contribution is -0.134. The Kier molecular flexibility index (Phi) is 5.05. The smallest absolute Gasteiger partial charge is 0.224 e. The number of rotatable bonds is 4. The average molecular weight is 355 g/mol. The average Bonchev–Trinajstić information content (AvgIpc) is 2.93. The van der Waals surface area contributed by atoms with Crippen LogP contribution in [0.15, 0.2) is 22.4 Å². The van der Waals surface area contributed by atoms with Crippen LogP contribution in [-0.2, 0) is 11.2 Å². The van der Waals surface area contributed by atoms with E-state index in [9.17, 15) is 18.0 Å². The van der Waals surface area contributed by atoms with Crippen molar-refractivity contribution in [3.8, 4) is 0 Å². The molecule has 1 aromatic rings. The van der Waals surface area contributed by atoms with Crippen LogP contribution in [0.25, 0.3) is 0 Å². The molecular formula is C16H20F3N5O. The van der Waals surface area contributed by atoms with Crippen LogP contribution in [0.1, 0.15) is 18.9 Å². The zero-order chi connectivity index (χ0) is 18.1. The van der Waals surface area contributed by atoms with Gasteiger partial charge in [-0.1, -0.05) is 0 Å². The molecule has 25 heavy (non-hydrogen) atoms. The zero-order valence-corrected chi connectivity index (χ0v) is 13.8. The molecule has 2 aliphatic heterocycles. The third-order valence-corrected chi connectivity index (χ3v) is 4.60. The van der Waals surface area contributed by atoms with Gasteiger partial charge in [0.2, 0.25) is 5.91 Å². The monoisotopic (exact) mass is 355 g/mol. The number of amides is 1. The summed E-state index contributed by atoms with van der Waals surface area (Å²) in [6.45, 7) is 3.63. The summed E-state index contributed by atoms with van der Waals surface area (Å²) in [5.74, 6) is -3.41. The second kappa shape index (κ2) is 7.09. The summed E-state index contributed by atoms with van der Waals surface area (Å²) in [7, 11) is 0. The Bertz CT molecular complexity index is 699. The Morgan fingerprint density at radius 2 is 1.96 bits per heavy atom. The van der Waals surface area contributed by atoms with Crippen LogP contribution >= 0.6 is 0 Å². The van der Waals surface area contributed by atoms with E-state index in [1.165, 1.54) is 0 Å². The van der Waals surface area contributed by atoms with Crippen molar-refractivity contribution in [2.24, 2.45) is 16.0 Å². The van der Waals surface area contributed by atoms with Crippen LogP contribution in [0.3, 0.4) is 0 Å². The van der Waals surface area contributed by atoms with Gasteiger partial charge in [0.1, 0.15) is 18.1 Å². The first-order valence-corrected chi connectivity index (χ1v) is 8.17. The number of nitrogens with zero attached hydrogens (tertiary/aromatic N) is 4. The summed E-state index contributed by atoms with van der Waals surface area (Å²) in [5, 5.41) is 8.24. The maximum atomic E-state index is 13.7. The Hall–Kier alpha value is -2.00. The van der Waals surface area contributed by atoms with Crippen LogP contribution in [0, 0.1) is 17.5 Å². The lowest BCUT2D eigenvalue weighted by Crippen LogP contribution is -2.54. The molecule has 0 aliphatic carbocycles. The van der Waals surface area contributed by atoms with Crippen LogP contribution in [0.4, 0.5) is 13.2 Å². The summed E-state index contributed by atoms with van der Waals surface area (Å²) in [4.78, 5) is 16.2. The molecule has 136 valence electrons. The van der Waals surface area contributed by atoms with Gasteiger partial charge in [-0.3, -0.25) is 9.69 Å². The van der Waals surface area contributed by atoms with Gasteiger partial charge in [-0.05, 0) is 25.0 Å². The van der Waals surface area contributed by atoms with Crippen molar-refractivity contribution in [3.63, 3.8) is 0 Å². The van der Waals surface area contributed by atoms with Gasteiger partial charge in [-0.25, -0.2) is 13.2 Å². The van der Waals surface area contributed by atoms with E-state index in [4.69, 9.17) is 5.73 Å². The Morgan fingerprint density at radius 3 is 2.72 bits per heavy atom. The molecule has 3 rings (SSSR count). The number of nitrogens with two attached hydrogens (primary N) is 1. The summed E-state index contributed by atoms with van der Waals surface area (Å²) in [5.41, 5.74) is 5.88. The standard InChI is InChI=1S/C16H20F3N5O/c1-9-21-22-15-8-23(2-3-24(9)15)16(25)6-11(20)4-10-5-13(18)14(19)7-12(10)17/h5,7,9,11,15H,2-4,6,8,20H2,1H3. The third kappa shape index (κ3) is 3.82. The van der Waals surface area contributed by atoms with Crippen LogP contribution in [-0.4, -0.2) is 53.7 Å². The number of piperazine rings is 1. The molecule has 1 fully saturated rings. The van der Waals surface area contributed by atoms with Gasteiger partial charge < -0.3 is 10.6 Å². The van der Waals surface area contributed by atoms with Crippen LogP contribution < -0.4 is 5.73 Å². The van der Waals surface area contributed by atoms with E-state index >= 15 is 0 Å². The minimum absolute atomic E-state index is 0.00213. The van der Waals surface area contributed by atoms with E-state index in [-0.39, 0.29) is 36.6 Å². The molecule has 0 radical (unpaired) electrons. The normalized spacial score (nSPS) is 24.4. The first-order valence-electron chi connectivity index (χ1n) is 8.17. The Labute approximate surface area is 143 Å². The Balaban J connectivity index is 1.56. The first kappa shape index (κ1) is 17.8. The number of carbonyl (C=O) groups excluding carboxylic acids is 1. The minimum Gasteiger partial charge on any atom is -0.338 e. The van der Waals surface area contributed by atoms with Crippen molar-refractivity contribution in [1.82, 2.24) is 9.80 Å². The minimum atomic E-state index is -1.25. The highest BCUT2D eigenvalue weighted by Gasteiger charge is 2.35. The molecule has 2 aliphatic rings. The highest BCUT2D eigenvalue weighted by Crippen LogP contribution is 2.22. The molecule has 1 aromatic carbocycles. The highest BCUT2D eigenvalue weighted by molar-refractivity contribution is 5.77. The topological polar surface area (TPSA) is 74.3 Å². The molecule has 3 unspecified atom stereocenters. The van der Waals surface area contributed by atoms with Crippen molar-refractivity contribution in [2.45, 2.75) is 38.1 Å². The molecule has 0 bridgehead atoms. The molecule has 0 saturated carbocycles. The molecule has 0 aromatic heterocycles. The van der Waals surface area contributed by atoms with E-state index in [2.05, 4.69) is 15.1 Å². The van der Waals surface area contributed by atoms with Gasteiger partial charge in [0, 0.05) is 31.6 Å². The summed E-state index contributed by atoms with van der Waals surface area (Å²) in [6, 6.07) is 0.590. The molecule has 1 amide bonds. The predicted molar refractivity (Wildman–Crippen MR) is 84.0 cm³/mol. The fraction of sp³-hybridized carbons (Fsp3) is 0.562. The number of azo groups is 1. The summed E-state index contributed by atoms with van der Waals surface area (Å²) in [6.07, 6.45) is -0.152. The summed E-state index contributed by atoms with van der Waals surface area (Å²) >= 11 is 0. The van der Waals surface area contributed by atoms with Crippen molar-refractivity contribution in [1.29, 1.82) is 0 Å². The SMILES string of the molecule is CC1N=NC2CN(C(=O)CC(N)Cc3cc(F)c(F)cc3F)CCN12. The number of hydrogen-bond donors (Lipinski definition) is 1. The first-order chi connectivity index (χ1) is 11.8. The number of hydrogen-bond acceptors (Lipinski definition) is 5. The second-order valence-electron chi connectivity index (χ2n) is 6.45. The lowest BCUT2D eigenvalue weighted by atomic mass is 10.0. The van der Waals surface area contributed by atoms with Gasteiger partial charge in [0.25, 0.3) is 0 Å². The second-order valence-corrected chi connectivity index (χ2v) is 6.45. The van der Waals surface area contributed by atoms with E-state index in [1.54, 1.807) is 4.90 Å². The molecule has 2 heterocycles. The van der Waals surface area contributed by atoms with Gasteiger partial charge in [-0.15, -0.1) is 0 Å². The molecule has 3 atom stereocenters. The summed E-state index contributed by atoms with van der Waals surface area (Å²) < 4.78 is 39.9. The predicted octanol–water partition coefficient (Wildman–Crippen LogP) is 1.65. The quantitative estimate of drug-likeness (QED) is 0.835. The molecule has 0 spiro atoms. The lowest BCUT2D eigenvalue weighted by Gasteiger charge is -2.37. The van der Waals surface area contributed by atoms with Crippen LogP contribution in [0.2, 0.25) is 0 Å². The largest absolute Gasteiger partial charge is 0.338 e. The van der Waals surface area contributed by atoms with Gasteiger partial charge >= 0.3 is 0 Å². The number of benzene rings is 1. The van der Waals surface area contributed by atoms with Gasteiger partial charge in [0.15, 0.2) is 11.6 Å². The van der Waals surface area contributed by atoms with E-state index in [1.807, 2.05) is 6.92 Å². The van der Waals surface area contributed by atoms with Crippen molar-refractivity contribution in [3.05, 3.63) is 35.1 Å². The fourth-order valence-electron chi connectivity index (χ4n) is 3.21. The van der Waals surface area contributed by atoms with Crippen molar-refractivity contribution in [2.75, 3.05) is 19.6 Å². The number of carbonyl (C=O) groups is 1. The molecular weight excluding hydrogens is 335 g/mol. The molecule has 2 N–H and O–H groups in total. The molecule has 6 nitrogen and oxygen atoms in total. The van der Waals surface area contributed by atoms with Crippen molar-refractivity contribution < 1.29 is 18.0 Å². The zero-order valence-electron chi connectivity index (χ0n) is 13.8. The third-order valence-electron chi connectivity index (χ3n) is 4.60. The Morgan fingerprint density at radius 1 is 1.24 bits per heavy atom. The van der Waals surface area contributed by atoms with E-state index in [0.717, 1.165) is 6.07 Å². The number of fused-ring (bicyclic) bond motifs is 1. The van der Waals surface area contributed by atoms with Gasteiger partial charge in [-0.2, -0.15) is 10.2 Å². The van der Waals surface area contributed by atoms with Crippen molar-refractivity contribution >= 4 is 5.91 Å². The highest BCUT2D eigenvalue weighted by atomic mass is 19.2. The fourth-order valence-corrected chi connectivity index (χ4v) is 3.21. The maximum Gasteiger partial charge on any atom is 0.224 e. The molecule has 1 saturated heterocycles.